The van der Waals surface area contributed by atoms with Crippen molar-refractivity contribution in [1.82, 2.24) is 10.2 Å². The van der Waals surface area contributed by atoms with Crippen LogP contribution in [0.25, 0.3) is 0 Å². The van der Waals surface area contributed by atoms with Crippen LogP contribution in [-0.2, 0) is 4.79 Å². The number of rotatable bonds is 3. The minimum Gasteiger partial charge on any atom is -0.350 e. The highest BCUT2D eigenvalue weighted by atomic mass is 16.2. The second kappa shape index (κ2) is 4.94. The summed E-state index contributed by atoms with van der Waals surface area (Å²) >= 11 is 0. The van der Waals surface area contributed by atoms with E-state index in [0.717, 1.165) is 25.9 Å². The van der Waals surface area contributed by atoms with Crippen molar-refractivity contribution in [2.45, 2.75) is 44.7 Å². The molecule has 0 bridgehead atoms. The van der Waals surface area contributed by atoms with E-state index in [0.29, 0.717) is 6.42 Å². The Balaban J connectivity index is 2.44. The molecule has 1 fully saturated rings. The van der Waals surface area contributed by atoms with Gasteiger partial charge in [-0.2, -0.15) is 0 Å². The first-order chi connectivity index (χ1) is 6.95. The topological polar surface area (TPSA) is 58.4 Å². The zero-order valence-corrected chi connectivity index (χ0v) is 10.0. The highest BCUT2D eigenvalue weighted by Crippen LogP contribution is 2.10. The Morgan fingerprint density at radius 2 is 2.33 bits per heavy atom. The van der Waals surface area contributed by atoms with E-state index in [9.17, 15) is 4.79 Å². The van der Waals surface area contributed by atoms with Crippen LogP contribution in [0.3, 0.4) is 0 Å². The molecule has 1 saturated heterocycles. The van der Waals surface area contributed by atoms with Gasteiger partial charge in [-0.3, -0.25) is 4.79 Å². The fraction of sp³-hybridized carbons (Fsp3) is 0.909. The smallest absolute Gasteiger partial charge is 0.240 e. The maximum atomic E-state index is 11.8. The Hall–Kier alpha value is -0.610. The van der Waals surface area contributed by atoms with Crippen molar-refractivity contribution in [2.75, 3.05) is 20.1 Å². The van der Waals surface area contributed by atoms with Crippen molar-refractivity contribution >= 4 is 5.91 Å². The molecule has 0 radical (unpaired) electrons. The Kier molecular flexibility index (Phi) is 4.11. The Morgan fingerprint density at radius 3 is 2.87 bits per heavy atom. The number of piperidine rings is 1. The maximum absolute atomic E-state index is 11.8. The van der Waals surface area contributed by atoms with Crippen LogP contribution < -0.4 is 11.1 Å². The summed E-state index contributed by atoms with van der Waals surface area (Å²) in [6, 6.07) is 0.269. The molecule has 0 saturated carbocycles. The van der Waals surface area contributed by atoms with Crippen molar-refractivity contribution in [2.24, 2.45) is 5.73 Å². The summed E-state index contributed by atoms with van der Waals surface area (Å²) in [6.07, 6.45) is 2.88. The van der Waals surface area contributed by atoms with Crippen molar-refractivity contribution in [3.05, 3.63) is 0 Å². The highest BCUT2D eigenvalue weighted by molar-refractivity contribution is 5.85. The number of nitrogens with zero attached hydrogens (tertiary/aromatic N) is 1. The highest BCUT2D eigenvalue weighted by Gasteiger charge is 2.28. The lowest BCUT2D eigenvalue weighted by Crippen LogP contribution is -2.56. The van der Waals surface area contributed by atoms with Gasteiger partial charge >= 0.3 is 0 Å². The van der Waals surface area contributed by atoms with Gasteiger partial charge in [0.15, 0.2) is 0 Å². The number of hydrogen-bond acceptors (Lipinski definition) is 3. The lowest BCUT2D eigenvalue weighted by atomic mass is 9.97. The van der Waals surface area contributed by atoms with E-state index in [1.807, 2.05) is 6.92 Å². The molecule has 0 aromatic carbocycles. The first-order valence-corrected chi connectivity index (χ1v) is 5.74. The first kappa shape index (κ1) is 12.5. The third-order valence-corrected chi connectivity index (χ3v) is 3.21. The largest absolute Gasteiger partial charge is 0.350 e. The summed E-state index contributed by atoms with van der Waals surface area (Å²) < 4.78 is 0. The van der Waals surface area contributed by atoms with Crippen molar-refractivity contribution in [1.29, 1.82) is 0 Å². The summed E-state index contributed by atoms with van der Waals surface area (Å²) in [5.41, 5.74) is 5.16. The second-order valence-electron chi connectivity index (χ2n) is 4.85. The molecular weight excluding hydrogens is 190 g/mol. The average Bonchev–Trinajstić information content (AvgIpc) is 2.17. The number of nitrogens with two attached hydrogens (primary N) is 1. The van der Waals surface area contributed by atoms with E-state index in [1.54, 1.807) is 6.92 Å². The predicted octanol–water partition coefficient (Wildman–Crippen LogP) is 0.324. The molecule has 1 aliphatic heterocycles. The van der Waals surface area contributed by atoms with Crippen molar-refractivity contribution < 1.29 is 4.79 Å². The number of likely N-dealkylation sites (tertiary alicyclic amines) is 1. The summed E-state index contributed by atoms with van der Waals surface area (Å²) in [7, 11) is 2.08. The maximum Gasteiger partial charge on any atom is 0.240 e. The van der Waals surface area contributed by atoms with Gasteiger partial charge < -0.3 is 16.0 Å². The van der Waals surface area contributed by atoms with Crippen LogP contribution in [0.5, 0.6) is 0 Å². The SMILES string of the molecule is CCC(C)(N)C(=O)NC1CCCN(C)C1. The van der Waals surface area contributed by atoms with Crippen molar-refractivity contribution in [3.8, 4) is 0 Å². The first-order valence-electron chi connectivity index (χ1n) is 5.74. The zero-order valence-electron chi connectivity index (χ0n) is 10.0. The van der Waals surface area contributed by atoms with Gasteiger partial charge in [-0.05, 0) is 39.8 Å². The summed E-state index contributed by atoms with van der Waals surface area (Å²) in [5.74, 6) is -0.0229. The minimum atomic E-state index is -0.726. The molecule has 1 rings (SSSR count). The molecule has 3 N–H and O–H groups in total. The quantitative estimate of drug-likeness (QED) is 0.710. The molecule has 1 heterocycles. The van der Waals surface area contributed by atoms with E-state index >= 15 is 0 Å². The number of hydrogen-bond donors (Lipinski definition) is 2. The Morgan fingerprint density at radius 1 is 1.67 bits per heavy atom. The third-order valence-electron chi connectivity index (χ3n) is 3.21. The van der Waals surface area contributed by atoms with Crippen LogP contribution in [0, 0.1) is 0 Å². The van der Waals surface area contributed by atoms with Gasteiger partial charge in [0, 0.05) is 12.6 Å². The van der Waals surface area contributed by atoms with E-state index in [-0.39, 0.29) is 11.9 Å². The standard InChI is InChI=1S/C11H23N3O/c1-4-11(2,12)10(15)13-9-6-5-7-14(3)8-9/h9H,4-8,12H2,1-3H3,(H,13,15). The van der Waals surface area contributed by atoms with E-state index < -0.39 is 5.54 Å². The van der Waals surface area contributed by atoms with Crippen LogP contribution in [0.15, 0.2) is 0 Å². The molecule has 1 amide bonds. The fourth-order valence-electron chi connectivity index (χ4n) is 1.80. The van der Waals surface area contributed by atoms with E-state index in [4.69, 9.17) is 5.73 Å². The predicted molar refractivity (Wildman–Crippen MR) is 61.5 cm³/mol. The van der Waals surface area contributed by atoms with Gasteiger partial charge in [-0.1, -0.05) is 6.92 Å². The number of nitrogens with one attached hydrogen (secondary N) is 1. The van der Waals surface area contributed by atoms with Gasteiger partial charge in [0.2, 0.25) is 5.91 Å². The summed E-state index contributed by atoms with van der Waals surface area (Å²) in [6.45, 7) is 5.78. The summed E-state index contributed by atoms with van der Waals surface area (Å²) in [5, 5.41) is 3.03. The third kappa shape index (κ3) is 3.47. The van der Waals surface area contributed by atoms with Crippen LogP contribution >= 0.6 is 0 Å². The normalized spacial score (nSPS) is 27.1. The number of carbonyl (C=O) groups excluding carboxylic acids is 1. The molecule has 0 spiro atoms. The molecule has 0 aromatic rings. The fourth-order valence-corrected chi connectivity index (χ4v) is 1.80. The number of likely N-dealkylation sites (N-methyl/N-ethyl adjacent to an activating group) is 1. The van der Waals surface area contributed by atoms with Gasteiger partial charge in [0.1, 0.15) is 0 Å². The molecule has 1 aliphatic rings. The molecule has 0 aliphatic carbocycles. The molecule has 4 nitrogen and oxygen atoms in total. The molecule has 2 atom stereocenters. The van der Waals surface area contributed by atoms with E-state index in [2.05, 4.69) is 17.3 Å². The van der Waals surface area contributed by atoms with Gasteiger partial charge in [0.25, 0.3) is 0 Å². The molecule has 2 unspecified atom stereocenters. The Labute approximate surface area is 92.2 Å². The van der Waals surface area contributed by atoms with Gasteiger partial charge in [-0.15, -0.1) is 0 Å². The molecule has 4 heteroatoms. The average molecular weight is 213 g/mol. The monoisotopic (exact) mass is 213 g/mol. The van der Waals surface area contributed by atoms with E-state index in [1.165, 1.54) is 0 Å². The lowest BCUT2D eigenvalue weighted by molar-refractivity contribution is -0.127. The lowest BCUT2D eigenvalue weighted by Gasteiger charge is -2.32. The van der Waals surface area contributed by atoms with Crippen LogP contribution in [0.2, 0.25) is 0 Å². The number of carbonyl (C=O) groups is 1. The molecule has 15 heavy (non-hydrogen) atoms. The van der Waals surface area contributed by atoms with Gasteiger partial charge in [0.05, 0.1) is 5.54 Å². The van der Waals surface area contributed by atoms with Crippen LogP contribution in [-0.4, -0.2) is 42.5 Å². The zero-order chi connectivity index (χ0) is 11.5. The second-order valence-corrected chi connectivity index (χ2v) is 4.85. The van der Waals surface area contributed by atoms with Crippen LogP contribution in [0.1, 0.15) is 33.1 Å². The Bertz CT molecular complexity index is 228. The van der Waals surface area contributed by atoms with Crippen molar-refractivity contribution in [3.63, 3.8) is 0 Å². The van der Waals surface area contributed by atoms with Gasteiger partial charge in [-0.25, -0.2) is 0 Å². The summed E-state index contributed by atoms with van der Waals surface area (Å²) in [4.78, 5) is 14.1. The molecule has 88 valence electrons. The molecular formula is C11H23N3O. The number of amides is 1. The minimum absolute atomic E-state index is 0.0229. The van der Waals surface area contributed by atoms with Crippen LogP contribution in [0.4, 0.5) is 0 Å². The molecule has 0 aromatic heterocycles.